The maximum atomic E-state index is 11.9. The molecule has 5 nitrogen and oxygen atoms in total. The lowest BCUT2D eigenvalue weighted by molar-refractivity contribution is -0.116. The number of benzene rings is 1. The number of anilines is 2. The highest BCUT2D eigenvalue weighted by atomic mass is 35.5. The number of nitrogens with zero attached hydrogens (tertiary/aromatic N) is 1. The highest BCUT2D eigenvalue weighted by Gasteiger charge is 2.22. The molecule has 0 saturated carbocycles. The first-order valence-electron chi connectivity index (χ1n) is 6.43. The van der Waals surface area contributed by atoms with Crippen molar-refractivity contribution in [3.05, 3.63) is 23.2 Å². The van der Waals surface area contributed by atoms with E-state index in [-0.39, 0.29) is 18.1 Å². The monoisotopic (exact) mass is 299 g/mol. The van der Waals surface area contributed by atoms with E-state index in [9.17, 15) is 9.90 Å². The van der Waals surface area contributed by atoms with Crippen molar-refractivity contribution < 1.29 is 9.90 Å². The van der Waals surface area contributed by atoms with Crippen LogP contribution in [0.1, 0.15) is 20.3 Å². The Morgan fingerprint density at radius 3 is 2.75 bits per heavy atom. The smallest absolute Gasteiger partial charge is 0.225 e. The largest absolute Gasteiger partial charge is 0.397 e. The molecule has 6 heteroatoms. The molecule has 1 amide bonds. The van der Waals surface area contributed by atoms with E-state index in [0.717, 1.165) is 0 Å². The van der Waals surface area contributed by atoms with Crippen molar-refractivity contribution >= 4 is 28.9 Å². The van der Waals surface area contributed by atoms with Gasteiger partial charge >= 0.3 is 0 Å². The zero-order valence-corrected chi connectivity index (χ0v) is 12.9. The zero-order valence-electron chi connectivity index (χ0n) is 12.1. The molecule has 0 aliphatic rings. The van der Waals surface area contributed by atoms with Gasteiger partial charge < -0.3 is 16.2 Å². The highest BCUT2D eigenvalue weighted by Crippen LogP contribution is 2.23. The molecule has 0 saturated heterocycles. The molecule has 1 aromatic carbocycles. The summed E-state index contributed by atoms with van der Waals surface area (Å²) >= 11 is 5.86. The molecular weight excluding hydrogens is 278 g/mol. The van der Waals surface area contributed by atoms with E-state index >= 15 is 0 Å². The second-order valence-electron chi connectivity index (χ2n) is 5.42. The number of aliphatic hydroxyl groups excluding tert-OH is 1. The summed E-state index contributed by atoms with van der Waals surface area (Å²) in [5, 5.41) is 12.5. The molecule has 0 aliphatic carbocycles. The molecule has 0 spiro atoms. The van der Waals surface area contributed by atoms with E-state index in [1.807, 2.05) is 25.8 Å². The van der Waals surface area contributed by atoms with E-state index in [4.69, 9.17) is 17.3 Å². The van der Waals surface area contributed by atoms with Gasteiger partial charge in [-0.2, -0.15) is 0 Å². The van der Waals surface area contributed by atoms with Crippen LogP contribution in [0, 0.1) is 0 Å². The van der Waals surface area contributed by atoms with Crippen LogP contribution in [0.2, 0.25) is 5.02 Å². The molecule has 0 radical (unpaired) electrons. The van der Waals surface area contributed by atoms with Crippen LogP contribution >= 0.6 is 11.6 Å². The second kappa shape index (κ2) is 6.92. The summed E-state index contributed by atoms with van der Waals surface area (Å²) in [5.74, 6) is -0.139. The van der Waals surface area contributed by atoms with Gasteiger partial charge in [0.15, 0.2) is 0 Å². The van der Waals surface area contributed by atoms with Gasteiger partial charge in [-0.15, -0.1) is 0 Å². The maximum absolute atomic E-state index is 11.9. The predicted molar refractivity (Wildman–Crippen MR) is 82.9 cm³/mol. The normalized spacial score (nSPS) is 11.7. The number of carbonyl (C=O) groups is 1. The Morgan fingerprint density at radius 2 is 2.15 bits per heavy atom. The molecule has 0 bridgehead atoms. The van der Waals surface area contributed by atoms with Crippen LogP contribution in [0.3, 0.4) is 0 Å². The van der Waals surface area contributed by atoms with Crippen molar-refractivity contribution in [3.63, 3.8) is 0 Å². The standard InChI is InChI=1S/C14H22ClN3O2/c1-14(2,9-19)18(3)7-6-13(20)17-12-8-10(15)4-5-11(12)16/h4-5,8,19H,6-7,9,16H2,1-3H3,(H,17,20). The van der Waals surface area contributed by atoms with Crippen LogP contribution in [-0.4, -0.2) is 41.7 Å². The van der Waals surface area contributed by atoms with Gasteiger partial charge in [-0.25, -0.2) is 0 Å². The molecule has 1 aromatic rings. The summed E-state index contributed by atoms with van der Waals surface area (Å²) < 4.78 is 0. The van der Waals surface area contributed by atoms with Crippen LogP contribution in [0.25, 0.3) is 0 Å². The third-order valence-electron chi connectivity index (χ3n) is 3.38. The fourth-order valence-corrected chi connectivity index (χ4v) is 1.71. The number of likely N-dealkylation sites (N-methyl/N-ethyl adjacent to an activating group) is 1. The first kappa shape index (κ1) is 16.8. The number of nitrogens with one attached hydrogen (secondary N) is 1. The molecule has 0 aromatic heterocycles. The number of halogens is 1. The fraction of sp³-hybridized carbons (Fsp3) is 0.500. The molecule has 0 aliphatic heterocycles. The lowest BCUT2D eigenvalue weighted by atomic mass is 10.1. The van der Waals surface area contributed by atoms with Crippen molar-refractivity contribution in [1.82, 2.24) is 4.90 Å². The molecule has 0 unspecified atom stereocenters. The number of aliphatic hydroxyl groups is 1. The van der Waals surface area contributed by atoms with Crippen molar-refractivity contribution in [1.29, 1.82) is 0 Å². The minimum absolute atomic E-state index is 0.0341. The van der Waals surface area contributed by atoms with Crippen molar-refractivity contribution in [2.24, 2.45) is 0 Å². The van der Waals surface area contributed by atoms with Gasteiger partial charge in [0.05, 0.1) is 18.0 Å². The molecule has 0 heterocycles. The Hall–Kier alpha value is -1.30. The van der Waals surface area contributed by atoms with E-state index in [0.29, 0.717) is 29.4 Å². The van der Waals surface area contributed by atoms with Gasteiger partial charge in [-0.05, 0) is 39.1 Å². The fourth-order valence-electron chi connectivity index (χ4n) is 1.54. The third-order valence-corrected chi connectivity index (χ3v) is 3.62. The van der Waals surface area contributed by atoms with E-state index in [1.54, 1.807) is 18.2 Å². The molecule has 112 valence electrons. The summed E-state index contributed by atoms with van der Waals surface area (Å²) in [6.45, 7) is 4.41. The SMILES string of the molecule is CN(CCC(=O)Nc1cc(Cl)ccc1N)C(C)(C)CO. The maximum Gasteiger partial charge on any atom is 0.225 e. The van der Waals surface area contributed by atoms with Gasteiger partial charge in [0.25, 0.3) is 0 Å². The van der Waals surface area contributed by atoms with Crippen molar-refractivity contribution in [3.8, 4) is 0 Å². The predicted octanol–water partition coefficient (Wildman–Crippen LogP) is 1.95. The molecule has 0 atom stereocenters. The average molecular weight is 300 g/mol. The lowest BCUT2D eigenvalue weighted by Gasteiger charge is -2.33. The Morgan fingerprint density at radius 1 is 1.50 bits per heavy atom. The van der Waals surface area contributed by atoms with Crippen molar-refractivity contribution in [2.45, 2.75) is 25.8 Å². The highest BCUT2D eigenvalue weighted by molar-refractivity contribution is 6.31. The van der Waals surface area contributed by atoms with Gasteiger partial charge in [-0.1, -0.05) is 11.6 Å². The lowest BCUT2D eigenvalue weighted by Crippen LogP contribution is -2.45. The molecule has 4 N–H and O–H groups in total. The van der Waals surface area contributed by atoms with E-state index in [2.05, 4.69) is 5.32 Å². The number of hydrogen-bond donors (Lipinski definition) is 3. The number of amides is 1. The van der Waals surface area contributed by atoms with Gasteiger partial charge in [0.1, 0.15) is 0 Å². The van der Waals surface area contributed by atoms with Crippen LogP contribution in [0.5, 0.6) is 0 Å². The number of carbonyl (C=O) groups excluding carboxylic acids is 1. The molecular formula is C14H22ClN3O2. The minimum Gasteiger partial charge on any atom is -0.397 e. The van der Waals surface area contributed by atoms with Gasteiger partial charge in [0.2, 0.25) is 5.91 Å². The average Bonchev–Trinajstić information content (AvgIpc) is 2.40. The minimum atomic E-state index is -0.352. The molecule has 20 heavy (non-hydrogen) atoms. The summed E-state index contributed by atoms with van der Waals surface area (Å²) in [6, 6.07) is 4.94. The number of hydrogen-bond acceptors (Lipinski definition) is 4. The number of rotatable bonds is 6. The first-order valence-corrected chi connectivity index (χ1v) is 6.81. The number of nitrogens with two attached hydrogens (primary N) is 1. The Balaban J connectivity index is 2.54. The summed E-state index contributed by atoms with van der Waals surface area (Å²) in [5.41, 5.74) is 6.41. The summed E-state index contributed by atoms with van der Waals surface area (Å²) in [4.78, 5) is 13.8. The van der Waals surface area contributed by atoms with Gasteiger partial charge in [0, 0.05) is 23.5 Å². The third kappa shape index (κ3) is 4.67. The van der Waals surface area contributed by atoms with E-state index in [1.165, 1.54) is 0 Å². The quantitative estimate of drug-likeness (QED) is 0.702. The first-order chi connectivity index (χ1) is 9.26. The zero-order chi connectivity index (χ0) is 15.3. The van der Waals surface area contributed by atoms with Crippen LogP contribution in [-0.2, 0) is 4.79 Å². The Labute approximate surface area is 124 Å². The van der Waals surface area contributed by atoms with Gasteiger partial charge in [-0.3, -0.25) is 9.69 Å². The molecule has 1 rings (SSSR count). The van der Waals surface area contributed by atoms with Crippen LogP contribution < -0.4 is 11.1 Å². The van der Waals surface area contributed by atoms with E-state index < -0.39 is 0 Å². The Bertz CT molecular complexity index is 477. The van der Waals surface area contributed by atoms with Crippen LogP contribution in [0.4, 0.5) is 11.4 Å². The Kier molecular flexibility index (Phi) is 5.80. The molecule has 0 fully saturated rings. The number of nitrogen functional groups attached to an aromatic ring is 1. The summed E-state index contributed by atoms with van der Waals surface area (Å²) in [7, 11) is 1.87. The van der Waals surface area contributed by atoms with Crippen molar-refractivity contribution in [2.75, 3.05) is 31.2 Å². The van der Waals surface area contributed by atoms with Crippen LogP contribution in [0.15, 0.2) is 18.2 Å². The summed E-state index contributed by atoms with van der Waals surface area (Å²) in [6.07, 6.45) is 0.311. The second-order valence-corrected chi connectivity index (χ2v) is 5.86. The topological polar surface area (TPSA) is 78.6 Å².